The van der Waals surface area contributed by atoms with Crippen molar-refractivity contribution in [2.45, 2.75) is 45.3 Å². The van der Waals surface area contributed by atoms with Gasteiger partial charge in [-0.1, -0.05) is 0 Å². The monoisotopic (exact) mass is 279 g/mol. The highest BCUT2D eigenvalue weighted by molar-refractivity contribution is 8.05. The first-order chi connectivity index (χ1) is 9.01. The van der Waals surface area contributed by atoms with Gasteiger partial charge < -0.3 is 0 Å². The zero-order chi connectivity index (χ0) is 13.6. The second kappa shape index (κ2) is 4.38. The van der Waals surface area contributed by atoms with E-state index in [9.17, 15) is 8.42 Å². The molecule has 0 bridgehead atoms. The molecular weight excluding hydrogens is 262 g/mol. The maximum atomic E-state index is 12.8. The second-order valence-corrected chi connectivity index (χ2v) is 6.99. The Bertz CT molecular complexity index is 629. The largest absolute Gasteiger partial charge is 0.265 e. The van der Waals surface area contributed by atoms with Gasteiger partial charge in [0, 0.05) is 23.8 Å². The van der Waals surface area contributed by atoms with Gasteiger partial charge in [0.25, 0.3) is 10.0 Å². The van der Waals surface area contributed by atoms with Crippen molar-refractivity contribution in [1.82, 2.24) is 9.29 Å². The molecule has 102 valence electrons. The average molecular weight is 279 g/mol. The van der Waals surface area contributed by atoms with Crippen LogP contribution in [0.1, 0.15) is 37.9 Å². The molecule has 0 aliphatic carbocycles. The van der Waals surface area contributed by atoms with Crippen LogP contribution in [0, 0.1) is 0 Å². The first-order valence-corrected chi connectivity index (χ1v) is 7.98. The van der Waals surface area contributed by atoms with Crippen LogP contribution in [0.3, 0.4) is 0 Å². The predicted octanol–water partition coefficient (Wildman–Crippen LogP) is 1.54. The molecule has 3 rings (SSSR count). The van der Waals surface area contributed by atoms with E-state index in [1.807, 2.05) is 13.8 Å². The normalized spacial score (nSPS) is 27.4. The Morgan fingerprint density at radius 3 is 2.63 bits per heavy atom. The minimum atomic E-state index is -3.51. The zero-order valence-corrected chi connectivity index (χ0v) is 11.9. The number of hydrogen-bond donors (Lipinski definition) is 0. The van der Waals surface area contributed by atoms with Crippen molar-refractivity contribution in [3.05, 3.63) is 29.6 Å². The van der Waals surface area contributed by atoms with Crippen LogP contribution in [-0.2, 0) is 16.6 Å². The van der Waals surface area contributed by atoms with E-state index in [2.05, 4.69) is 9.98 Å². The summed E-state index contributed by atoms with van der Waals surface area (Å²) in [5.41, 5.74) is 1.41. The van der Waals surface area contributed by atoms with Gasteiger partial charge >= 0.3 is 0 Å². The summed E-state index contributed by atoms with van der Waals surface area (Å²) in [6, 6.07) is 3.63. The molecule has 1 saturated heterocycles. The van der Waals surface area contributed by atoms with E-state index in [1.165, 1.54) is 0 Å². The smallest absolute Gasteiger partial charge is 0.261 e. The molecule has 3 heterocycles. The number of nitrogens with zero attached hydrogens (tertiary/aromatic N) is 3. The van der Waals surface area contributed by atoms with Crippen LogP contribution < -0.4 is 0 Å². The van der Waals surface area contributed by atoms with Crippen molar-refractivity contribution in [3.63, 3.8) is 0 Å². The van der Waals surface area contributed by atoms with Crippen LogP contribution in [0.25, 0.3) is 0 Å². The van der Waals surface area contributed by atoms with Gasteiger partial charge in [0.05, 0.1) is 12.2 Å². The van der Waals surface area contributed by atoms with E-state index >= 15 is 0 Å². The average Bonchev–Trinajstić information content (AvgIpc) is 2.93. The Labute approximate surface area is 113 Å². The minimum absolute atomic E-state index is 0.0448. The lowest BCUT2D eigenvalue weighted by molar-refractivity contribution is 0.357. The number of rotatable bonds is 1. The topological polar surface area (TPSA) is 62.6 Å². The third kappa shape index (κ3) is 1.90. The van der Waals surface area contributed by atoms with Crippen LogP contribution in [0.4, 0.5) is 0 Å². The van der Waals surface area contributed by atoms with E-state index in [0.29, 0.717) is 12.1 Å². The highest BCUT2D eigenvalue weighted by Gasteiger charge is 2.41. The SMILES string of the molecule is CC1CCC(C)N1S(=O)(=O)C1=NCc2ncccc21. The van der Waals surface area contributed by atoms with Crippen LogP contribution in [-0.4, -0.2) is 34.8 Å². The van der Waals surface area contributed by atoms with Gasteiger partial charge in [0.2, 0.25) is 0 Å². The molecule has 0 N–H and O–H groups in total. The maximum Gasteiger partial charge on any atom is 0.261 e. The van der Waals surface area contributed by atoms with Gasteiger partial charge in [-0.3, -0.25) is 9.98 Å². The standard InChI is InChI=1S/C13H17N3O2S/c1-9-5-6-10(2)16(9)19(17,18)13-11-4-3-7-14-12(11)8-15-13/h3-4,7,9-10H,5-6,8H2,1-2H3. The Hall–Kier alpha value is -1.27. The molecule has 5 nitrogen and oxygen atoms in total. The summed E-state index contributed by atoms with van der Waals surface area (Å²) < 4.78 is 27.2. The minimum Gasteiger partial charge on any atom is -0.265 e. The number of aromatic nitrogens is 1. The maximum absolute atomic E-state index is 12.8. The summed E-state index contributed by atoms with van der Waals surface area (Å²) >= 11 is 0. The first kappa shape index (κ1) is 12.7. The van der Waals surface area contributed by atoms with Gasteiger partial charge in [0.1, 0.15) is 0 Å². The van der Waals surface area contributed by atoms with E-state index in [-0.39, 0.29) is 17.1 Å². The lowest BCUT2D eigenvalue weighted by Crippen LogP contribution is -2.42. The van der Waals surface area contributed by atoms with E-state index in [0.717, 1.165) is 18.5 Å². The fourth-order valence-corrected chi connectivity index (χ4v) is 5.01. The van der Waals surface area contributed by atoms with Crippen molar-refractivity contribution in [2.24, 2.45) is 4.99 Å². The fourth-order valence-electron chi connectivity index (χ4n) is 2.96. The third-order valence-electron chi connectivity index (χ3n) is 3.89. The van der Waals surface area contributed by atoms with Crippen LogP contribution in [0.2, 0.25) is 0 Å². The molecule has 0 saturated carbocycles. The fraction of sp³-hybridized carbons (Fsp3) is 0.538. The number of hydrogen-bond acceptors (Lipinski definition) is 4. The molecule has 2 atom stereocenters. The number of sulfonamides is 1. The van der Waals surface area contributed by atoms with Crippen molar-refractivity contribution < 1.29 is 8.42 Å². The Morgan fingerprint density at radius 2 is 1.95 bits per heavy atom. The third-order valence-corrected chi connectivity index (χ3v) is 6.00. The molecule has 1 aromatic heterocycles. The molecule has 6 heteroatoms. The molecule has 1 aromatic rings. The van der Waals surface area contributed by atoms with Gasteiger partial charge in [-0.2, -0.15) is 4.31 Å². The van der Waals surface area contributed by atoms with Gasteiger partial charge in [-0.15, -0.1) is 0 Å². The Morgan fingerprint density at radius 1 is 1.26 bits per heavy atom. The summed E-state index contributed by atoms with van der Waals surface area (Å²) in [5.74, 6) is 0. The summed E-state index contributed by atoms with van der Waals surface area (Å²) in [6.45, 7) is 4.28. The zero-order valence-electron chi connectivity index (χ0n) is 11.1. The molecule has 0 aromatic carbocycles. The van der Waals surface area contributed by atoms with E-state index < -0.39 is 10.0 Å². The molecule has 2 unspecified atom stereocenters. The molecule has 19 heavy (non-hydrogen) atoms. The second-order valence-electron chi connectivity index (χ2n) is 5.23. The highest BCUT2D eigenvalue weighted by atomic mass is 32.2. The summed E-state index contributed by atoms with van der Waals surface area (Å²) in [7, 11) is -3.51. The Balaban J connectivity index is 2.03. The number of pyridine rings is 1. The summed E-state index contributed by atoms with van der Waals surface area (Å²) in [5, 5.41) is 0.191. The van der Waals surface area contributed by atoms with Crippen LogP contribution in [0.15, 0.2) is 23.3 Å². The molecule has 2 aliphatic heterocycles. The van der Waals surface area contributed by atoms with Gasteiger partial charge in [0.15, 0.2) is 5.04 Å². The molecular formula is C13H17N3O2S. The van der Waals surface area contributed by atoms with Crippen molar-refractivity contribution in [1.29, 1.82) is 0 Å². The molecule has 0 spiro atoms. The molecule has 1 fully saturated rings. The lowest BCUT2D eigenvalue weighted by Gasteiger charge is -2.25. The summed E-state index contributed by atoms with van der Waals surface area (Å²) in [6.07, 6.45) is 3.49. The first-order valence-electron chi connectivity index (χ1n) is 6.54. The highest BCUT2D eigenvalue weighted by Crippen LogP contribution is 2.31. The predicted molar refractivity (Wildman–Crippen MR) is 73.4 cm³/mol. The van der Waals surface area contributed by atoms with Crippen LogP contribution >= 0.6 is 0 Å². The van der Waals surface area contributed by atoms with Crippen molar-refractivity contribution in [3.8, 4) is 0 Å². The molecule has 0 radical (unpaired) electrons. The Kier molecular flexibility index (Phi) is 2.94. The lowest BCUT2D eigenvalue weighted by atomic mass is 10.2. The van der Waals surface area contributed by atoms with E-state index in [1.54, 1.807) is 22.6 Å². The van der Waals surface area contributed by atoms with Gasteiger partial charge in [-0.05, 0) is 38.8 Å². The summed E-state index contributed by atoms with van der Waals surface area (Å²) in [4.78, 5) is 8.40. The number of fused-ring (bicyclic) bond motifs is 1. The molecule has 2 aliphatic rings. The van der Waals surface area contributed by atoms with Gasteiger partial charge in [-0.25, -0.2) is 8.42 Å². The van der Waals surface area contributed by atoms with E-state index in [4.69, 9.17) is 0 Å². The molecule has 0 amide bonds. The number of aliphatic imine (C=N–C) groups is 1. The van der Waals surface area contributed by atoms with Crippen LogP contribution in [0.5, 0.6) is 0 Å². The quantitative estimate of drug-likeness (QED) is 0.783. The van der Waals surface area contributed by atoms with Crippen molar-refractivity contribution >= 4 is 15.1 Å². The van der Waals surface area contributed by atoms with Crippen molar-refractivity contribution in [2.75, 3.05) is 0 Å².